The van der Waals surface area contributed by atoms with Gasteiger partial charge in [0, 0.05) is 241 Å². The van der Waals surface area contributed by atoms with Crippen molar-refractivity contribution in [2.45, 2.75) is 21.6 Å². The lowest BCUT2D eigenvalue weighted by Gasteiger charge is -2.10. The maximum Gasteiger partial charge on any atom is 0.197 e. The summed E-state index contributed by atoms with van der Waals surface area (Å²) in [6.07, 6.45) is 2.56. The van der Waals surface area contributed by atoms with E-state index in [1.807, 2.05) is 48.5 Å². The van der Waals surface area contributed by atoms with Gasteiger partial charge in [0.15, 0.2) is 25.9 Å². The van der Waals surface area contributed by atoms with Gasteiger partial charge in [-0.2, -0.15) is 0 Å². The Balaban J connectivity index is 1.01. The molecule has 2 nitrogen and oxygen atoms in total. The minimum Gasteiger partial charge on any atom is -0.405 e. The van der Waals surface area contributed by atoms with Crippen LogP contribution in [0.5, 0.6) is 5.75 Å². The van der Waals surface area contributed by atoms with Gasteiger partial charge in [-0.25, -0.2) is 0 Å². The molecule has 1 aromatic heterocycles. The molecule has 0 saturated heterocycles. The summed E-state index contributed by atoms with van der Waals surface area (Å²) in [4.78, 5) is 17.3. The molecular formula is C74H18ClO2S2+. The van der Waals surface area contributed by atoms with E-state index in [4.69, 9.17) is 16.3 Å². The van der Waals surface area contributed by atoms with Gasteiger partial charge in [0.1, 0.15) is 6.11 Å². The number of benzene rings is 4. The van der Waals surface area contributed by atoms with Crippen molar-refractivity contribution in [3.8, 4) is 290 Å². The predicted molar refractivity (Wildman–Crippen MR) is 319 cm³/mol. The molecule has 0 aliphatic heterocycles. The van der Waals surface area contributed by atoms with Gasteiger partial charge in [0.05, 0.1) is 26.0 Å². The molecule has 0 bridgehead atoms. The van der Waals surface area contributed by atoms with Crippen LogP contribution < -0.4 is 10.2 Å². The number of hydrogen-bond acceptors (Lipinski definition) is 3. The van der Waals surface area contributed by atoms with Crippen LogP contribution in [0.1, 0.15) is 6.92 Å². The number of rotatable bonds is 4. The monoisotopic (exact) mass is 1040 g/mol. The highest BCUT2D eigenvalue weighted by Crippen LogP contribution is 2.38. The van der Waals surface area contributed by atoms with Crippen molar-refractivity contribution < 1.29 is 4.74 Å². The highest BCUT2D eigenvalue weighted by Gasteiger charge is 2.29. The molecule has 79 heavy (non-hydrogen) atoms. The van der Waals surface area contributed by atoms with E-state index in [2.05, 4.69) is 315 Å². The highest BCUT2D eigenvalue weighted by molar-refractivity contribution is 7.97. The fourth-order valence-electron chi connectivity index (χ4n) is 5.14. The number of hydrogen-bond donors (Lipinski definition) is 0. The molecule has 0 unspecified atom stereocenters. The summed E-state index contributed by atoms with van der Waals surface area (Å²) in [7, 11) is -0.421. The van der Waals surface area contributed by atoms with Crippen LogP contribution in [0.25, 0.3) is 20.2 Å². The van der Waals surface area contributed by atoms with Crippen LogP contribution in [0.3, 0.4) is 0 Å². The summed E-state index contributed by atoms with van der Waals surface area (Å²) in [6, 6.07) is 29.8. The molecule has 0 aliphatic rings. The zero-order valence-electron chi connectivity index (χ0n) is 40.7. The lowest BCUT2D eigenvalue weighted by atomic mass is 10.2. The molecule has 1 heterocycles. The normalized spacial score (nSPS) is 6.87. The minimum atomic E-state index is -0.421. The molecule has 5 aromatic rings. The van der Waals surface area contributed by atoms with Crippen LogP contribution >= 0.6 is 22.9 Å². The van der Waals surface area contributed by atoms with E-state index < -0.39 is 10.9 Å². The first-order valence-electron chi connectivity index (χ1n) is 21.8. The molecular weight excluding hydrogens is 1020 g/mol. The molecule has 0 saturated carbocycles. The molecule has 0 N–H and O–H groups in total. The van der Waals surface area contributed by atoms with Gasteiger partial charge in [-0.3, -0.25) is 4.79 Å². The summed E-state index contributed by atoms with van der Waals surface area (Å²) in [5.74, 6) is 119. The van der Waals surface area contributed by atoms with Crippen molar-refractivity contribution in [2.75, 3.05) is 0 Å². The summed E-state index contributed by atoms with van der Waals surface area (Å²) in [6.45, 7) is 1.69. The smallest absolute Gasteiger partial charge is 0.197 e. The van der Waals surface area contributed by atoms with Crippen LogP contribution in [-0.2, 0) is 10.9 Å². The molecule has 0 fully saturated rings. The van der Waals surface area contributed by atoms with Crippen LogP contribution in [0, 0.1) is 284 Å². The Morgan fingerprint density at radius 3 is 1.01 bits per heavy atom. The maximum atomic E-state index is 14.0. The van der Waals surface area contributed by atoms with E-state index in [-0.39, 0.29) is 5.43 Å². The van der Waals surface area contributed by atoms with E-state index in [9.17, 15) is 4.79 Å². The van der Waals surface area contributed by atoms with Gasteiger partial charge in [0.2, 0.25) is 0 Å². The van der Waals surface area contributed by atoms with E-state index in [1.165, 1.54) is 11.3 Å². The Morgan fingerprint density at radius 1 is 0.367 bits per heavy atom. The first-order valence-corrected chi connectivity index (χ1v) is 24.2. The summed E-state index contributed by atoms with van der Waals surface area (Å²) in [5, 5.41) is 1.28. The quantitative estimate of drug-likeness (QED) is 0.106. The molecule has 5 heteroatoms. The first-order chi connectivity index (χ1) is 39.2. The van der Waals surface area contributed by atoms with E-state index in [0.717, 1.165) is 19.4 Å². The Labute approximate surface area is 473 Å². The first kappa shape index (κ1) is 56.6. The number of fused-ring (bicyclic) bond motifs is 2. The summed E-state index contributed by atoms with van der Waals surface area (Å²) in [5.41, 5.74) is -0.183. The molecule has 5 rings (SSSR count). The third-order valence-corrected chi connectivity index (χ3v) is 11.8. The van der Waals surface area contributed by atoms with Crippen molar-refractivity contribution in [2.24, 2.45) is 0 Å². The standard InChI is InChI=1S/C74H18ClO2S2/c1-2-3-4-5-6-7-8-9-10-11-12-13-14-15-16-17-18-19-20-21-22-23-24-25-26-27-28-29-30-31-32-33-34-35-36-37-38-39-40-41-42-43-44-45-46-47-54-63-77-70-61-60-69(75)72-73(76)68-64-67(59-62-71(68)78-74(70)72)79(65-55-50-48-51-56-65)66-57-52-49-53-58-66/h48-53,55-62,64H,1H3/q+1. The summed E-state index contributed by atoms with van der Waals surface area (Å²) >= 11 is 8.02. The number of halogens is 1. The lowest BCUT2D eigenvalue weighted by Crippen LogP contribution is -2.07. The third kappa shape index (κ3) is 22.3. The molecule has 0 atom stereocenters. The van der Waals surface area contributed by atoms with Crippen molar-refractivity contribution in [3.05, 3.63) is 106 Å². The van der Waals surface area contributed by atoms with Crippen molar-refractivity contribution in [3.63, 3.8) is 0 Å². The molecule has 0 amide bonds. The maximum absolute atomic E-state index is 14.0. The van der Waals surface area contributed by atoms with Crippen molar-refractivity contribution in [1.82, 2.24) is 0 Å². The topological polar surface area (TPSA) is 26.3 Å². The lowest BCUT2D eigenvalue weighted by molar-refractivity contribution is 0.527. The Bertz CT molecular complexity index is 5030. The van der Waals surface area contributed by atoms with E-state index in [0.29, 0.717) is 26.2 Å². The van der Waals surface area contributed by atoms with Gasteiger partial charge in [-0.15, -0.1) is 11.3 Å². The van der Waals surface area contributed by atoms with Gasteiger partial charge in [-0.05, 0) is 103 Å². The van der Waals surface area contributed by atoms with E-state index >= 15 is 0 Å². The Hall–Kier alpha value is -13.4. The van der Waals surface area contributed by atoms with Crippen LogP contribution in [0.2, 0.25) is 5.02 Å². The summed E-state index contributed by atoms with van der Waals surface area (Å²) < 4.78 is 7.11. The van der Waals surface area contributed by atoms with Crippen LogP contribution in [-0.4, -0.2) is 0 Å². The van der Waals surface area contributed by atoms with E-state index in [1.54, 1.807) is 19.1 Å². The van der Waals surface area contributed by atoms with Gasteiger partial charge >= 0.3 is 0 Å². The van der Waals surface area contributed by atoms with Gasteiger partial charge in [0.25, 0.3) is 0 Å². The zero-order valence-corrected chi connectivity index (χ0v) is 43.1. The minimum absolute atomic E-state index is 0.183. The predicted octanol–water partition coefficient (Wildman–Crippen LogP) is 7.60. The second-order valence-electron chi connectivity index (χ2n) is 13.0. The molecule has 0 aliphatic carbocycles. The third-order valence-electron chi connectivity index (χ3n) is 8.05. The zero-order chi connectivity index (χ0) is 55.3. The SMILES string of the molecule is CC#CC#CC#CC#CC#CC#CC#CC#CC#CC#CC#CC#CC#CC#CC#CC#CC#CC#CC#CC#CC#CC#CC#CC#COc1ccc(Cl)c2c(=O)c3cc([S+](c4ccccc4)c4ccccc4)ccc3sc12. The fraction of sp³-hybridized carbons (Fsp3) is 0.0135. The van der Waals surface area contributed by atoms with Crippen molar-refractivity contribution >= 4 is 54.0 Å². The second kappa shape index (κ2) is 36.6. The highest BCUT2D eigenvalue weighted by atomic mass is 35.5. The van der Waals surface area contributed by atoms with Gasteiger partial charge < -0.3 is 4.74 Å². The Kier molecular flexibility index (Phi) is 26.2. The average molecular weight is 1040 g/mol. The Morgan fingerprint density at radius 2 is 0.684 bits per heavy atom. The largest absolute Gasteiger partial charge is 0.405 e. The van der Waals surface area contributed by atoms with Crippen LogP contribution in [0.4, 0.5) is 0 Å². The second-order valence-corrected chi connectivity index (χ2v) is 16.5. The number of ether oxygens (including phenoxy) is 1. The molecule has 344 valence electrons. The van der Waals surface area contributed by atoms with Crippen molar-refractivity contribution in [1.29, 1.82) is 0 Å². The molecule has 0 radical (unpaired) electrons. The molecule has 4 aromatic carbocycles. The van der Waals surface area contributed by atoms with Gasteiger partial charge in [-0.1, -0.05) is 53.9 Å². The fourth-order valence-corrected chi connectivity index (χ4v) is 8.69. The molecule has 0 spiro atoms. The van der Waals surface area contributed by atoms with Crippen LogP contribution in [0.15, 0.2) is 110 Å². The average Bonchev–Trinajstić information content (AvgIpc) is 3.50.